The molecule has 0 atom stereocenters. The van der Waals surface area contributed by atoms with Crippen molar-refractivity contribution in [1.29, 1.82) is 0 Å². The molecule has 4 heteroatoms. The Labute approximate surface area is 122 Å². The maximum Gasteiger partial charge on any atom is 0.235 e. The van der Waals surface area contributed by atoms with Gasteiger partial charge in [0.05, 0.1) is 5.41 Å². The average Bonchev–Trinajstić information content (AvgIpc) is 2.58. The number of rotatable bonds is 4. The van der Waals surface area contributed by atoms with Crippen molar-refractivity contribution in [2.75, 3.05) is 27.2 Å². The topological polar surface area (TPSA) is 40.6 Å². The maximum absolute atomic E-state index is 12.7. The molecule has 0 aromatic heterocycles. The van der Waals surface area contributed by atoms with E-state index < -0.39 is 0 Å². The lowest BCUT2D eigenvalue weighted by atomic mass is 9.64. The molecule has 0 radical (unpaired) electrons. The van der Waals surface area contributed by atoms with E-state index in [4.69, 9.17) is 0 Å². The standard InChI is InChI=1S/C16H28N2O2/c1-15(2)6-8-16(9-7-15)12-13(19)18(14(16)20)11-5-10-17(3)4/h5-12H2,1-4H3. The van der Waals surface area contributed by atoms with Gasteiger partial charge in [-0.25, -0.2) is 0 Å². The van der Waals surface area contributed by atoms with Gasteiger partial charge in [0.2, 0.25) is 11.8 Å². The van der Waals surface area contributed by atoms with Crippen LogP contribution in [0.1, 0.15) is 52.4 Å². The van der Waals surface area contributed by atoms with E-state index in [9.17, 15) is 9.59 Å². The van der Waals surface area contributed by atoms with Crippen molar-refractivity contribution in [3.63, 3.8) is 0 Å². The molecule has 20 heavy (non-hydrogen) atoms. The highest BCUT2D eigenvalue weighted by molar-refractivity contribution is 6.05. The van der Waals surface area contributed by atoms with Crippen LogP contribution in [0.2, 0.25) is 0 Å². The van der Waals surface area contributed by atoms with E-state index in [1.807, 2.05) is 14.1 Å². The van der Waals surface area contributed by atoms with Crippen LogP contribution in [-0.4, -0.2) is 48.8 Å². The van der Waals surface area contributed by atoms with Crippen molar-refractivity contribution in [3.8, 4) is 0 Å². The molecule has 1 saturated heterocycles. The molecule has 1 saturated carbocycles. The summed E-state index contributed by atoms with van der Waals surface area (Å²) < 4.78 is 0. The zero-order valence-corrected chi connectivity index (χ0v) is 13.4. The van der Waals surface area contributed by atoms with E-state index in [0.29, 0.717) is 18.4 Å². The average molecular weight is 280 g/mol. The van der Waals surface area contributed by atoms with Crippen LogP contribution >= 0.6 is 0 Å². The highest BCUT2D eigenvalue weighted by atomic mass is 16.2. The maximum atomic E-state index is 12.7. The van der Waals surface area contributed by atoms with E-state index in [0.717, 1.165) is 38.6 Å². The molecular weight excluding hydrogens is 252 g/mol. The molecule has 4 nitrogen and oxygen atoms in total. The summed E-state index contributed by atoms with van der Waals surface area (Å²) >= 11 is 0. The van der Waals surface area contributed by atoms with Gasteiger partial charge in [0.15, 0.2) is 0 Å². The lowest BCUT2D eigenvalue weighted by molar-refractivity contribution is -0.142. The van der Waals surface area contributed by atoms with Crippen LogP contribution in [-0.2, 0) is 9.59 Å². The second kappa shape index (κ2) is 5.47. The SMILES string of the molecule is CN(C)CCCN1C(=O)CC2(CCC(C)(C)CC2)C1=O. The minimum Gasteiger partial charge on any atom is -0.309 e. The smallest absolute Gasteiger partial charge is 0.235 e. The van der Waals surface area contributed by atoms with Gasteiger partial charge in [-0.2, -0.15) is 0 Å². The molecule has 1 spiro atoms. The largest absolute Gasteiger partial charge is 0.309 e. The quantitative estimate of drug-likeness (QED) is 0.742. The van der Waals surface area contributed by atoms with Crippen LogP contribution in [0.4, 0.5) is 0 Å². The van der Waals surface area contributed by atoms with E-state index >= 15 is 0 Å². The summed E-state index contributed by atoms with van der Waals surface area (Å²) in [5.74, 6) is 0.158. The third kappa shape index (κ3) is 3.05. The second-order valence-electron chi connectivity index (χ2n) is 7.63. The van der Waals surface area contributed by atoms with Crippen molar-refractivity contribution in [3.05, 3.63) is 0 Å². The molecule has 0 aromatic carbocycles. The second-order valence-corrected chi connectivity index (χ2v) is 7.63. The molecular formula is C16H28N2O2. The predicted molar refractivity (Wildman–Crippen MR) is 79.2 cm³/mol. The summed E-state index contributed by atoms with van der Waals surface area (Å²) in [6.45, 7) is 6.02. The highest BCUT2D eigenvalue weighted by Crippen LogP contribution is 2.50. The molecule has 2 rings (SSSR count). The van der Waals surface area contributed by atoms with E-state index in [-0.39, 0.29) is 17.2 Å². The zero-order chi connectivity index (χ0) is 15.0. The van der Waals surface area contributed by atoms with Gasteiger partial charge >= 0.3 is 0 Å². The Morgan fingerprint density at radius 1 is 1.10 bits per heavy atom. The van der Waals surface area contributed by atoms with Crippen LogP contribution in [0.3, 0.4) is 0 Å². The number of likely N-dealkylation sites (tertiary alicyclic amines) is 1. The van der Waals surface area contributed by atoms with Crippen molar-refractivity contribution < 1.29 is 9.59 Å². The Morgan fingerprint density at radius 3 is 2.25 bits per heavy atom. The van der Waals surface area contributed by atoms with Gasteiger partial charge in [0.1, 0.15) is 0 Å². The fourth-order valence-electron chi connectivity index (χ4n) is 3.43. The third-order valence-electron chi connectivity index (χ3n) is 5.04. The first kappa shape index (κ1) is 15.5. The van der Waals surface area contributed by atoms with Crippen LogP contribution in [0.5, 0.6) is 0 Å². The van der Waals surface area contributed by atoms with Crippen LogP contribution in [0.15, 0.2) is 0 Å². The van der Waals surface area contributed by atoms with Gasteiger partial charge in [-0.15, -0.1) is 0 Å². The molecule has 0 unspecified atom stereocenters. The molecule has 0 bridgehead atoms. The third-order valence-corrected chi connectivity index (χ3v) is 5.04. The van der Waals surface area contributed by atoms with E-state index in [2.05, 4.69) is 18.7 Å². The Kier molecular flexibility index (Phi) is 4.24. The van der Waals surface area contributed by atoms with E-state index in [1.165, 1.54) is 4.90 Å². The van der Waals surface area contributed by atoms with E-state index in [1.54, 1.807) is 0 Å². The first-order chi connectivity index (χ1) is 9.26. The van der Waals surface area contributed by atoms with Crippen LogP contribution < -0.4 is 0 Å². The molecule has 2 aliphatic rings. The van der Waals surface area contributed by atoms with Crippen LogP contribution in [0.25, 0.3) is 0 Å². The number of amides is 2. The Hall–Kier alpha value is -0.900. The van der Waals surface area contributed by atoms with Gasteiger partial charge in [-0.3, -0.25) is 14.5 Å². The Morgan fingerprint density at radius 2 is 1.70 bits per heavy atom. The Bertz CT molecular complexity index is 391. The summed E-state index contributed by atoms with van der Waals surface area (Å²) in [4.78, 5) is 28.5. The highest BCUT2D eigenvalue weighted by Gasteiger charge is 2.53. The summed E-state index contributed by atoms with van der Waals surface area (Å²) in [7, 11) is 4.02. The number of carbonyl (C=O) groups is 2. The molecule has 2 fully saturated rings. The molecule has 1 heterocycles. The minimum absolute atomic E-state index is 0.0495. The van der Waals surface area contributed by atoms with Crippen molar-refractivity contribution in [2.24, 2.45) is 10.8 Å². The van der Waals surface area contributed by atoms with Crippen LogP contribution in [0, 0.1) is 10.8 Å². The van der Waals surface area contributed by atoms with Crippen molar-refractivity contribution in [1.82, 2.24) is 9.80 Å². The molecule has 2 amide bonds. The first-order valence-electron chi connectivity index (χ1n) is 7.75. The monoisotopic (exact) mass is 280 g/mol. The lowest BCUT2D eigenvalue weighted by Gasteiger charge is -2.39. The number of carbonyl (C=O) groups excluding carboxylic acids is 2. The summed E-state index contributed by atoms with van der Waals surface area (Å²) in [6.07, 6.45) is 5.19. The summed E-state index contributed by atoms with van der Waals surface area (Å²) in [5.41, 5.74) is -0.0301. The minimum atomic E-state index is -0.356. The first-order valence-corrected chi connectivity index (χ1v) is 7.75. The molecule has 1 aliphatic heterocycles. The van der Waals surface area contributed by atoms with Gasteiger partial charge in [0.25, 0.3) is 0 Å². The number of hydrogen-bond acceptors (Lipinski definition) is 3. The molecule has 1 aliphatic carbocycles. The lowest BCUT2D eigenvalue weighted by Crippen LogP contribution is -2.40. The molecule has 114 valence electrons. The Balaban J connectivity index is 1.98. The molecule has 0 N–H and O–H groups in total. The zero-order valence-electron chi connectivity index (χ0n) is 13.4. The van der Waals surface area contributed by atoms with Crippen molar-refractivity contribution >= 4 is 11.8 Å². The fraction of sp³-hybridized carbons (Fsp3) is 0.875. The van der Waals surface area contributed by atoms with Gasteiger partial charge in [0, 0.05) is 13.0 Å². The normalized spacial score (nSPS) is 24.9. The number of imide groups is 1. The summed E-state index contributed by atoms with van der Waals surface area (Å²) in [5, 5.41) is 0. The van der Waals surface area contributed by atoms with Gasteiger partial charge in [-0.1, -0.05) is 13.8 Å². The van der Waals surface area contributed by atoms with Gasteiger partial charge in [-0.05, 0) is 58.2 Å². The van der Waals surface area contributed by atoms with Gasteiger partial charge < -0.3 is 4.90 Å². The number of hydrogen-bond donors (Lipinski definition) is 0. The molecule has 0 aromatic rings. The predicted octanol–water partition coefficient (Wildman–Crippen LogP) is 2.28. The summed E-state index contributed by atoms with van der Waals surface area (Å²) in [6, 6.07) is 0. The van der Waals surface area contributed by atoms with Crippen molar-refractivity contribution in [2.45, 2.75) is 52.4 Å². The fourth-order valence-corrected chi connectivity index (χ4v) is 3.43. The number of nitrogens with zero attached hydrogens (tertiary/aromatic N) is 2.